The van der Waals surface area contributed by atoms with Gasteiger partial charge >= 0.3 is 0 Å². The molecule has 9 heteroatoms. The molecule has 0 saturated heterocycles. The van der Waals surface area contributed by atoms with Crippen molar-refractivity contribution in [2.45, 2.75) is 6.92 Å². The van der Waals surface area contributed by atoms with E-state index in [1.807, 2.05) is 0 Å². The van der Waals surface area contributed by atoms with Crippen LogP contribution >= 0.6 is 0 Å². The number of hydrogen-bond acceptors (Lipinski definition) is 7. The van der Waals surface area contributed by atoms with Gasteiger partial charge in [0.2, 0.25) is 0 Å². The molecule has 1 aromatic heterocycles. The third kappa shape index (κ3) is 2.64. The van der Waals surface area contributed by atoms with Crippen LogP contribution in [0.5, 0.6) is 0 Å². The van der Waals surface area contributed by atoms with Crippen LogP contribution in [0.2, 0.25) is 0 Å². The summed E-state index contributed by atoms with van der Waals surface area (Å²) in [4.78, 5) is 10.3. The van der Waals surface area contributed by atoms with Crippen molar-refractivity contribution in [1.82, 2.24) is 20.6 Å². The van der Waals surface area contributed by atoms with Crippen LogP contribution in [-0.2, 0) is 0 Å². The van der Waals surface area contributed by atoms with Crippen molar-refractivity contribution in [3.63, 3.8) is 0 Å². The number of hydrogen-bond donors (Lipinski definition) is 2. The number of aromatic nitrogens is 4. The Morgan fingerprint density at radius 2 is 2.39 bits per heavy atom. The molecule has 1 heterocycles. The first-order chi connectivity index (χ1) is 8.66. The third-order valence-electron chi connectivity index (χ3n) is 2.15. The molecule has 0 amide bonds. The highest BCUT2D eigenvalue weighted by molar-refractivity contribution is 5.81. The molecule has 0 fully saturated rings. The Bertz CT molecular complexity index is 579. The molecular formula is C9H9N7O2. The maximum Gasteiger partial charge on any atom is 0.283 e. The molecule has 0 aliphatic heterocycles. The average Bonchev–Trinajstić information content (AvgIpc) is 2.84. The number of rotatable bonds is 4. The van der Waals surface area contributed by atoms with Crippen LogP contribution in [0.15, 0.2) is 23.3 Å². The van der Waals surface area contributed by atoms with Gasteiger partial charge in [-0.15, -0.1) is 5.10 Å². The smallest absolute Gasteiger partial charge is 0.258 e. The van der Waals surface area contributed by atoms with Gasteiger partial charge in [-0.05, 0) is 12.1 Å². The SMILES string of the molecule is Cc1ccc(C=NNc2nn[nH]n2)cc1[N+](=O)[O-]. The van der Waals surface area contributed by atoms with Gasteiger partial charge in [-0.3, -0.25) is 10.1 Å². The zero-order chi connectivity index (χ0) is 13.0. The van der Waals surface area contributed by atoms with E-state index in [9.17, 15) is 10.1 Å². The van der Waals surface area contributed by atoms with Crippen LogP contribution in [-0.4, -0.2) is 31.8 Å². The molecule has 0 bridgehead atoms. The number of benzene rings is 1. The van der Waals surface area contributed by atoms with Gasteiger partial charge in [0.05, 0.1) is 11.1 Å². The first kappa shape index (κ1) is 11.6. The van der Waals surface area contributed by atoms with Crippen LogP contribution in [0, 0.1) is 17.0 Å². The lowest BCUT2D eigenvalue weighted by molar-refractivity contribution is -0.385. The van der Waals surface area contributed by atoms with Gasteiger partial charge in [-0.2, -0.15) is 10.3 Å². The molecule has 0 radical (unpaired) electrons. The number of hydrazone groups is 1. The molecule has 0 aliphatic carbocycles. The Hall–Kier alpha value is -2.84. The summed E-state index contributed by atoms with van der Waals surface area (Å²) in [5.74, 6) is 0.216. The minimum atomic E-state index is -0.431. The number of anilines is 1. The molecular weight excluding hydrogens is 238 g/mol. The third-order valence-corrected chi connectivity index (χ3v) is 2.15. The fourth-order valence-corrected chi connectivity index (χ4v) is 1.28. The molecule has 1 aromatic carbocycles. The van der Waals surface area contributed by atoms with Crippen molar-refractivity contribution >= 4 is 17.9 Å². The van der Waals surface area contributed by atoms with Crippen LogP contribution in [0.4, 0.5) is 11.6 Å². The standard InChI is InChI=1S/C9H9N7O2/c1-6-2-3-7(4-8(6)16(17)18)5-10-11-9-12-14-15-13-9/h2-5H,1H3,(H2,11,12,13,14,15). The lowest BCUT2D eigenvalue weighted by atomic mass is 10.1. The van der Waals surface area contributed by atoms with E-state index in [0.717, 1.165) is 0 Å². The largest absolute Gasteiger partial charge is 0.283 e. The Kier molecular flexibility index (Phi) is 3.23. The Labute approximate surface area is 101 Å². The minimum Gasteiger partial charge on any atom is -0.258 e. The monoisotopic (exact) mass is 247 g/mol. The van der Waals surface area contributed by atoms with E-state index < -0.39 is 4.92 Å². The van der Waals surface area contributed by atoms with Gasteiger partial charge in [0, 0.05) is 17.2 Å². The summed E-state index contributed by atoms with van der Waals surface area (Å²) in [5.41, 5.74) is 3.77. The number of nitro groups is 1. The van der Waals surface area contributed by atoms with Crippen LogP contribution in [0.3, 0.4) is 0 Å². The van der Waals surface area contributed by atoms with Crippen molar-refractivity contribution in [2.75, 3.05) is 5.43 Å². The highest BCUT2D eigenvalue weighted by Crippen LogP contribution is 2.18. The summed E-state index contributed by atoms with van der Waals surface area (Å²) in [7, 11) is 0. The van der Waals surface area contributed by atoms with Crippen molar-refractivity contribution in [3.8, 4) is 0 Å². The second kappa shape index (κ2) is 4.99. The molecule has 0 atom stereocenters. The van der Waals surface area contributed by atoms with Crippen LogP contribution < -0.4 is 5.43 Å². The van der Waals surface area contributed by atoms with Crippen LogP contribution in [0.1, 0.15) is 11.1 Å². The summed E-state index contributed by atoms with van der Waals surface area (Å²) in [6.45, 7) is 1.68. The summed E-state index contributed by atoms with van der Waals surface area (Å²) >= 11 is 0. The maximum atomic E-state index is 10.7. The number of nitro benzene ring substituents is 1. The average molecular weight is 247 g/mol. The molecule has 0 aliphatic rings. The van der Waals surface area contributed by atoms with Gasteiger partial charge in [0.15, 0.2) is 0 Å². The second-order valence-electron chi connectivity index (χ2n) is 3.41. The van der Waals surface area contributed by atoms with Gasteiger partial charge in [0.25, 0.3) is 11.6 Å². The van der Waals surface area contributed by atoms with Gasteiger partial charge in [0.1, 0.15) is 0 Å². The maximum absolute atomic E-state index is 10.7. The zero-order valence-electron chi connectivity index (χ0n) is 9.36. The number of nitrogens with zero attached hydrogens (tertiary/aromatic N) is 5. The zero-order valence-corrected chi connectivity index (χ0v) is 9.36. The van der Waals surface area contributed by atoms with Crippen molar-refractivity contribution in [3.05, 3.63) is 39.4 Å². The molecule has 2 rings (SSSR count). The highest BCUT2D eigenvalue weighted by atomic mass is 16.6. The predicted octanol–water partition coefficient (Wildman–Crippen LogP) is 0.862. The first-order valence-corrected chi connectivity index (χ1v) is 4.94. The van der Waals surface area contributed by atoms with Crippen molar-refractivity contribution < 1.29 is 4.92 Å². The van der Waals surface area contributed by atoms with E-state index in [4.69, 9.17) is 0 Å². The summed E-state index contributed by atoms with van der Waals surface area (Å²) in [6.07, 6.45) is 1.43. The number of aromatic amines is 1. The minimum absolute atomic E-state index is 0.0542. The number of H-pyrrole nitrogens is 1. The summed E-state index contributed by atoms with van der Waals surface area (Å²) in [6, 6.07) is 4.83. The Morgan fingerprint density at radius 3 is 3.06 bits per heavy atom. The van der Waals surface area contributed by atoms with Gasteiger partial charge in [-0.25, -0.2) is 5.43 Å². The Morgan fingerprint density at radius 1 is 1.56 bits per heavy atom. The number of tetrazole rings is 1. The van der Waals surface area contributed by atoms with Crippen molar-refractivity contribution in [2.24, 2.45) is 5.10 Å². The molecule has 0 spiro atoms. The number of aryl methyl sites for hydroxylation is 1. The molecule has 92 valence electrons. The van der Waals surface area contributed by atoms with Gasteiger partial charge < -0.3 is 0 Å². The van der Waals surface area contributed by atoms with Gasteiger partial charge in [-0.1, -0.05) is 17.2 Å². The van der Waals surface area contributed by atoms with Crippen molar-refractivity contribution in [1.29, 1.82) is 0 Å². The van der Waals surface area contributed by atoms with Crippen LogP contribution in [0.25, 0.3) is 0 Å². The predicted molar refractivity (Wildman–Crippen MR) is 63.2 cm³/mol. The lowest BCUT2D eigenvalue weighted by Crippen LogP contribution is -1.95. The topological polar surface area (TPSA) is 122 Å². The van der Waals surface area contributed by atoms with E-state index in [1.54, 1.807) is 19.1 Å². The fraction of sp³-hybridized carbons (Fsp3) is 0.111. The molecule has 2 N–H and O–H groups in total. The Balaban J connectivity index is 2.12. The molecule has 18 heavy (non-hydrogen) atoms. The summed E-state index contributed by atoms with van der Waals surface area (Å²) < 4.78 is 0. The quantitative estimate of drug-likeness (QED) is 0.469. The second-order valence-corrected chi connectivity index (χ2v) is 3.41. The summed E-state index contributed by atoms with van der Waals surface area (Å²) in [5, 5.41) is 27.4. The normalized spacial score (nSPS) is 10.7. The molecule has 2 aromatic rings. The van der Waals surface area contributed by atoms with E-state index >= 15 is 0 Å². The number of nitrogens with one attached hydrogen (secondary N) is 2. The molecule has 0 unspecified atom stereocenters. The fourth-order valence-electron chi connectivity index (χ4n) is 1.28. The lowest BCUT2D eigenvalue weighted by Gasteiger charge is -1.98. The van der Waals surface area contributed by atoms with E-state index in [1.165, 1.54) is 12.3 Å². The highest BCUT2D eigenvalue weighted by Gasteiger charge is 2.09. The van der Waals surface area contributed by atoms with E-state index in [-0.39, 0.29) is 11.6 Å². The molecule has 0 saturated carbocycles. The van der Waals surface area contributed by atoms with E-state index in [2.05, 4.69) is 31.2 Å². The molecule has 9 nitrogen and oxygen atoms in total. The van der Waals surface area contributed by atoms with E-state index in [0.29, 0.717) is 11.1 Å². The first-order valence-electron chi connectivity index (χ1n) is 4.94.